The molecule has 1 aromatic rings. The summed E-state index contributed by atoms with van der Waals surface area (Å²) in [6.07, 6.45) is 6.63. The number of rotatable bonds is 18. The molecule has 0 aliphatic rings. The largest absolute Gasteiger partial charge is 0.446 e. The zero-order chi connectivity index (χ0) is 22.9. The molecule has 0 unspecified atom stereocenters. The second-order valence-corrected chi connectivity index (χ2v) is 7.49. The van der Waals surface area contributed by atoms with E-state index in [9.17, 15) is 9.59 Å². The molecular formula is C23H41N3O5. The maximum absolute atomic E-state index is 13.1. The molecule has 1 atom stereocenters. The molecule has 0 aromatic carbocycles. The van der Waals surface area contributed by atoms with Crippen LogP contribution < -0.4 is 5.32 Å². The van der Waals surface area contributed by atoms with Gasteiger partial charge in [0.05, 0.1) is 6.54 Å². The van der Waals surface area contributed by atoms with Gasteiger partial charge in [0.15, 0.2) is 5.69 Å². The van der Waals surface area contributed by atoms with E-state index in [1.165, 1.54) is 6.26 Å². The lowest BCUT2D eigenvalue weighted by molar-refractivity contribution is -0.137. The lowest BCUT2D eigenvalue weighted by atomic mass is 9.97. The number of unbranched alkanes of at least 4 members (excludes halogenated alkanes) is 1. The maximum atomic E-state index is 13.1. The lowest BCUT2D eigenvalue weighted by Gasteiger charge is -2.26. The van der Waals surface area contributed by atoms with E-state index in [4.69, 9.17) is 13.9 Å². The maximum Gasteiger partial charge on any atom is 0.273 e. The Kier molecular flexibility index (Phi) is 14.6. The highest BCUT2D eigenvalue weighted by Crippen LogP contribution is 2.18. The predicted octanol–water partition coefficient (Wildman–Crippen LogP) is 3.80. The summed E-state index contributed by atoms with van der Waals surface area (Å²) in [7, 11) is 0. The third-order valence-electron chi connectivity index (χ3n) is 5.05. The van der Waals surface area contributed by atoms with Crippen LogP contribution in [0.5, 0.6) is 0 Å². The quantitative estimate of drug-likeness (QED) is 0.350. The van der Waals surface area contributed by atoms with Gasteiger partial charge in [-0.3, -0.25) is 9.59 Å². The summed E-state index contributed by atoms with van der Waals surface area (Å²) in [4.78, 5) is 31.5. The number of hydrogen-bond donors (Lipinski definition) is 1. The molecule has 0 bridgehead atoms. The topological polar surface area (TPSA) is 93.9 Å². The molecule has 0 saturated heterocycles. The van der Waals surface area contributed by atoms with Gasteiger partial charge in [-0.1, -0.05) is 26.7 Å². The summed E-state index contributed by atoms with van der Waals surface area (Å²) in [6, 6.07) is 0. The van der Waals surface area contributed by atoms with Crippen LogP contribution in [0.15, 0.2) is 10.7 Å². The number of ether oxygens (including phenoxy) is 2. The highest BCUT2D eigenvalue weighted by atomic mass is 16.5. The average molecular weight is 440 g/mol. The number of nitrogens with one attached hydrogen (secondary N) is 1. The summed E-state index contributed by atoms with van der Waals surface area (Å²) in [6.45, 7) is 11.9. The van der Waals surface area contributed by atoms with E-state index >= 15 is 0 Å². The zero-order valence-electron chi connectivity index (χ0n) is 19.8. The average Bonchev–Trinajstić information content (AvgIpc) is 3.24. The fourth-order valence-electron chi connectivity index (χ4n) is 3.24. The number of carbonyl (C=O) groups is 2. The number of nitrogens with zero attached hydrogens (tertiary/aromatic N) is 2. The van der Waals surface area contributed by atoms with Gasteiger partial charge in [0.1, 0.15) is 6.26 Å². The molecule has 1 N–H and O–H groups in total. The van der Waals surface area contributed by atoms with E-state index < -0.39 is 0 Å². The van der Waals surface area contributed by atoms with Gasteiger partial charge < -0.3 is 24.1 Å². The van der Waals surface area contributed by atoms with Crippen LogP contribution in [-0.2, 0) is 20.8 Å². The number of aromatic nitrogens is 1. The first-order valence-corrected chi connectivity index (χ1v) is 11.7. The molecule has 0 spiro atoms. The van der Waals surface area contributed by atoms with E-state index in [1.807, 2.05) is 13.8 Å². The van der Waals surface area contributed by atoms with E-state index in [0.717, 1.165) is 38.5 Å². The van der Waals surface area contributed by atoms with Crippen molar-refractivity contribution >= 4 is 11.8 Å². The van der Waals surface area contributed by atoms with Gasteiger partial charge in [0, 0.05) is 45.4 Å². The first-order valence-electron chi connectivity index (χ1n) is 11.7. The summed E-state index contributed by atoms with van der Waals surface area (Å²) >= 11 is 0. The molecule has 0 saturated carbocycles. The zero-order valence-corrected chi connectivity index (χ0v) is 19.8. The Labute approximate surface area is 187 Å². The lowest BCUT2D eigenvalue weighted by Crippen LogP contribution is -2.37. The predicted molar refractivity (Wildman–Crippen MR) is 120 cm³/mol. The monoisotopic (exact) mass is 439 g/mol. The Morgan fingerprint density at radius 1 is 1.10 bits per heavy atom. The fourth-order valence-corrected chi connectivity index (χ4v) is 3.24. The van der Waals surface area contributed by atoms with Crippen LogP contribution >= 0.6 is 0 Å². The molecule has 0 aliphatic carbocycles. The molecule has 1 heterocycles. The van der Waals surface area contributed by atoms with Gasteiger partial charge >= 0.3 is 0 Å². The van der Waals surface area contributed by atoms with Crippen molar-refractivity contribution in [2.45, 2.75) is 72.8 Å². The third-order valence-corrected chi connectivity index (χ3v) is 5.05. The van der Waals surface area contributed by atoms with Gasteiger partial charge in [-0.15, -0.1) is 0 Å². The number of carbonyl (C=O) groups excluding carboxylic acids is 2. The summed E-state index contributed by atoms with van der Waals surface area (Å²) in [5, 5.41) is 2.81. The van der Waals surface area contributed by atoms with E-state index in [1.54, 1.807) is 4.90 Å². The highest BCUT2D eigenvalue weighted by molar-refractivity contribution is 5.91. The summed E-state index contributed by atoms with van der Waals surface area (Å²) < 4.78 is 16.2. The SMILES string of the molecule is CCCC[C@H](CC)C(=O)N(CCCOCC)Cc1nc(C(=O)NCCCOCC)co1. The molecule has 31 heavy (non-hydrogen) atoms. The first kappa shape index (κ1) is 27.1. The Balaban J connectivity index is 2.70. The standard InChI is InChI=1S/C23H41N3O5/c1-5-9-12-19(6-2)23(28)26(14-11-16-30-8-4)17-21-25-20(18-31-21)22(27)24-13-10-15-29-7-3/h18-19H,5-17H2,1-4H3,(H,24,27)/t19-/m0/s1. The third kappa shape index (κ3) is 10.8. The number of oxazole rings is 1. The van der Waals surface area contributed by atoms with Crippen LogP contribution in [-0.4, -0.2) is 61.2 Å². The molecular weight excluding hydrogens is 398 g/mol. The fraction of sp³-hybridized carbons (Fsp3) is 0.783. The normalized spacial score (nSPS) is 12.0. The van der Waals surface area contributed by atoms with Crippen LogP contribution in [0.2, 0.25) is 0 Å². The Bertz CT molecular complexity index is 620. The Morgan fingerprint density at radius 2 is 1.81 bits per heavy atom. The summed E-state index contributed by atoms with van der Waals surface area (Å²) in [5.41, 5.74) is 0.228. The van der Waals surface area contributed by atoms with Crippen molar-refractivity contribution in [1.82, 2.24) is 15.2 Å². The van der Waals surface area contributed by atoms with Crippen LogP contribution in [0.4, 0.5) is 0 Å². The van der Waals surface area contributed by atoms with Crippen molar-refractivity contribution in [2.24, 2.45) is 5.92 Å². The van der Waals surface area contributed by atoms with Crippen molar-refractivity contribution in [2.75, 3.05) is 39.5 Å². The summed E-state index contributed by atoms with van der Waals surface area (Å²) in [5.74, 6) is 0.201. The van der Waals surface area contributed by atoms with Crippen molar-refractivity contribution in [3.63, 3.8) is 0 Å². The van der Waals surface area contributed by atoms with Crippen molar-refractivity contribution in [3.05, 3.63) is 17.8 Å². The molecule has 0 radical (unpaired) electrons. The van der Waals surface area contributed by atoms with Crippen molar-refractivity contribution < 1.29 is 23.5 Å². The molecule has 2 amide bonds. The first-order chi connectivity index (χ1) is 15.1. The van der Waals surface area contributed by atoms with Crippen molar-refractivity contribution in [3.8, 4) is 0 Å². The van der Waals surface area contributed by atoms with Gasteiger partial charge in [0.2, 0.25) is 11.8 Å². The van der Waals surface area contributed by atoms with Crippen LogP contribution in [0.25, 0.3) is 0 Å². The molecule has 1 aromatic heterocycles. The van der Waals surface area contributed by atoms with Crippen LogP contribution in [0.3, 0.4) is 0 Å². The Morgan fingerprint density at radius 3 is 2.45 bits per heavy atom. The van der Waals surface area contributed by atoms with Crippen molar-refractivity contribution in [1.29, 1.82) is 0 Å². The minimum Gasteiger partial charge on any atom is -0.446 e. The molecule has 0 aliphatic heterocycles. The van der Waals surface area contributed by atoms with Crippen LogP contribution in [0.1, 0.15) is 82.6 Å². The van der Waals surface area contributed by atoms with E-state index in [0.29, 0.717) is 45.4 Å². The van der Waals surface area contributed by atoms with Gasteiger partial charge in [-0.25, -0.2) is 4.98 Å². The highest BCUT2D eigenvalue weighted by Gasteiger charge is 2.24. The molecule has 8 nitrogen and oxygen atoms in total. The van der Waals surface area contributed by atoms with Gasteiger partial charge in [-0.05, 0) is 39.5 Å². The molecule has 8 heteroatoms. The van der Waals surface area contributed by atoms with Gasteiger partial charge in [-0.2, -0.15) is 0 Å². The second kappa shape index (κ2) is 16.7. The van der Waals surface area contributed by atoms with Crippen LogP contribution in [0, 0.1) is 5.92 Å². The molecule has 0 fully saturated rings. The van der Waals surface area contributed by atoms with E-state index in [2.05, 4.69) is 24.1 Å². The minimum atomic E-state index is -0.282. The minimum absolute atomic E-state index is 0.00452. The molecule has 178 valence electrons. The number of amides is 2. The molecule has 1 rings (SSSR count). The Hall–Kier alpha value is -1.93. The number of hydrogen-bond acceptors (Lipinski definition) is 6. The van der Waals surface area contributed by atoms with Gasteiger partial charge in [0.25, 0.3) is 5.91 Å². The second-order valence-electron chi connectivity index (χ2n) is 7.49. The van der Waals surface area contributed by atoms with E-state index in [-0.39, 0.29) is 30.0 Å². The smallest absolute Gasteiger partial charge is 0.273 e.